The Kier molecular flexibility index (Phi) is 7.64. The van der Waals surface area contributed by atoms with Gasteiger partial charge in [-0.25, -0.2) is 4.79 Å². The van der Waals surface area contributed by atoms with Crippen LogP contribution in [0.15, 0.2) is 54.6 Å². The number of nitrogens with one attached hydrogen (secondary N) is 3. The van der Waals surface area contributed by atoms with Gasteiger partial charge in [-0.2, -0.15) is 0 Å². The molecule has 2 rings (SSSR count). The molecule has 0 radical (unpaired) electrons. The molecular formula is C20H25N3O3. The molecule has 0 aliphatic rings. The average Bonchev–Trinajstić information content (AvgIpc) is 2.63. The molecular weight excluding hydrogens is 330 g/mol. The van der Waals surface area contributed by atoms with E-state index in [9.17, 15) is 9.59 Å². The van der Waals surface area contributed by atoms with Crippen molar-refractivity contribution >= 4 is 23.3 Å². The molecule has 6 heteroatoms. The number of para-hydroxylation sites is 1. The van der Waals surface area contributed by atoms with Gasteiger partial charge in [-0.05, 0) is 43.2 Å². The SMILES string of the molecule is COCCCC(=O)NC(C)c1ccc(NC(=O)Nc2ccccc2)cc1. The predicted molar refractivity (Wildman–Crippen MR) is 103 cm³/mol. The summed E-state index contributed by atoms with van der Waals surface area (Å²) in [4.78, 5) is 23.8. The highest BCUT2D eigenvalue weighted by atomic mass is 16.5. The van der Waals surface area contributed by atoms with E-state index in [1.807, 2.05) is 61.5 Å². The van der Waals surface area contributed by atoms with Gasteiger partial charge >= 0.3 is 6.03 Å². The van der Waals surface area contributed by atoms with Crippen LogP contribution in [0.5, 0.6) is 0 Å². The summed E-state index contributed by atoms with van der Waals surface area (Å²) in [6.07, 6.45) is 1.14. The summed E-state index contributed by atoms with van der Waals surface area (Å²) < 4.78 is 4.94. The van der Waals surface area contributed by atoms with Crippen LogP contribution in [0.25, 0.3) is 0 Å². The van der Waals surface area contributed by atoms with Crippen LogP contribution in [0.2, 0.25) is 0 Å². The van der Waals surface area contributed by atoms with Crippen LogP contribution in [0.3, 0.4) is 0 Å². The lowest BCUT2D eigenvalue weighted by atomic mass is 10.1. The highest BCUT2D eigenvalue weighted by Crippen LogP contribution is 2.17. The molecule has 2 aromatic carbocycles. The lowest BCUT2D eigenvalue weighted by molar-refractivity contribution is -0.122. The van der Waals surface area contributed by atoms with Gasteiger partial charge in [-0.15, -0.1) is 0 Å². The number of carbonyl (C=O) groups is 2. The maximum Gasteiger partial charge on any atom is 0.323 e. The molecule has 0 spiro atoms. The van der Waals surface area contributed by atoms with E-state index in [1.54, 1.807) is 7.11 Å². The first-order chi connectivity index (χ1) is 12.6. The third kappa shape index (κ3) is 6.57. The molecule has 0 fully saturated rings. The molecule has 0 saturated carbocycles. The quantitative estimate of drug-likeness (QED) is 0.628. The van der Waals surface area contributed by atoms with Gasteiger partial charge in [0.05, 0.1) is 6.04 Å². The van der Waals surface area contributed by atoms with Gasteiger partial charge in [0.1, 0.15) is 0 Å². The van der Waals surface area contributed by atoms with Gasteiger partial charge in [0, 0.05) is 31.5 Å². The monoisotopic (exact) mass is 355 g/mol. The van der Waals surface area contributed by atoms with E-state index in [1.165, 1.54) is 0 Å². The van der Waals surface area contributed by atoms with Crippen LogP contribution in [-0.2, 0) is 9.53 Å². The summed E-state index contributed by atoms with van der Waals surface area (Å²) in [5, 5.41) is 8.50. The topological polar surface area (TPSA) is 79.5 Å². The third-order valence-electron chi connectivity index (χ3n) is 3.83. The summed E-state index contributed by atoms with van der Waals surface area (Å²) in [6.45, 7) is 2.51. The molecule has 1 unspecified atom stereocenters. The van der Waals surface area contributed by atoms with Crippen molar-refractivity contribution < 1.29 is 14.3 Å². The van der Waals surface area contributed by atoms with Crippen molar-refractivity contribution in [3.05, 3.63) is 60.2 Å². The summed E-state index contributed by atoms with van der Waals surface area (Å²) in [5.41, 5.74) is 2.38. The minimum atomic E-state index is -0.302. The van der Waals surface area contributed by atoms with Crippen molar-refractivity contribution in [3.63, 3.8) is 0 Å². The Bertz CT molecular complexity index is 702. The molecule has 138 valence electrons. The van der Waals surface area contributed by atoms with E-state index >= 15 is 0 Å². The Balaban J connectivity index is 1.83. The zero-order valence-electron chi connectivity index (χ0n) is 15.1. The Morgan fingerprint density at radius 2 is 1.58 bits per heavy atom. The summed E-state index contributed by atoms with van der Waals surface area (Å²) >= 11 is 0. The van der Waals surface area contributed by atoms with Crippen LogP contribution in [0, 0.1) is 0 Å². The van der Waals surface area contributed by atoms with Crippen molar-refractivity contribution in [1.82, 2.24) is 5.32 Å². The van der Waals surface area contributed by atoms with Gasteiger partial charge in [0.25, 0.3) is 0 Å². The molecule has 26 heavy (non-hydrogen) atoms. The molecule has 0 aromatic heterocycles. The lowest BCUT2D eigenvalue weighted by Gasteiger charge is -2.15. The molecule has 0 aliphatic heterocycles. The van der Waals surface area contributed by atoms with E-state index in [2.05, 4.69) is 16.0 Å². The second-order valence-electron chi connectivity index (χ2n) is 5.95. The summed E-state index contributed by atoms with van der Waals surface area (Å²) in [6, 6.07) is 16.2. The van der Waals surface area contributed by atoms with E-state index in [0.29, 0.717) is 25.1 Å². The second-order valence-corrected chi connectivity index (χ2v) is 5.95. The number of carbonyl (C=O) groups excluding carboxylic acids is 2. The van der Waals surface area contributed by atoms with Crippen LogP contribution in [0.4, 0.5) is 16.2 Å². The fourth-order valence-electron chi connectivity index (χ4n) is 2.44. The number of hydrogen-bond acceptors (Lipinski definition) is 3. The molecule has 0 bridgehead atoms. The molecule has 2 aromatic rings. The van der Waals surface area contributed by atoms with Crippen LogP contribution < -0.4 is 16.0 Å². The number of methoxy groups -OCH3 is 1. The largest absolute Gasteiger partial charge is 0.385 e. The average molecular weight is 355 g/mol. The number of rotatable bonds is 8. The molecule has 3 amide bonds. The van der Waals surface area contributed by atoms with Crippen LogP contribution >= 0.6 is 0 Å². The van der Waals surface area contributed by atoms with Gasteiger partial charge in [0.2, 0.25) is 5.91 Å². The highest BCUT2D eigenvalue weighted by molar-refractivity contribution is 5.99. The number of amides is 3. The van der Waals surface area contributed by atoms with Gasteiger partial charge in [0.15, 0.2) is 0 Å². The number of hydrogen-bond donors (Lipinski definition) is 3. The van der Waals surface area contributed by atoms with Crippen LogP contribution in [0.1, 0.15) is 31.4 Å². The predicted octanol–water partition coefficient (Wildman–Crippen LogP) is 3.93. The number of urea groups is 1. The van der Waals surface area contributed by atoms with Crippen molar-refractivity contribution in [3.8, 4) is 0 Å². The van der Waals surface area contributed by atoms with E-state index < -0.39 is 0 Å². The highest BCUT2D eigenvalue weighted by Gasteiger charge is 2.10. The molecule has 0 heterocycles. The smallest absolute Gasteiger partial charge is 0.323 e. The summed E-state index contributed by atoms with van der Waals surface area (Å²) in [5.74, 6) is -0.000935. The van der Waals surface area contributed by atoms with Crippen molar-refractivity contribution in [1.29, 1.82) is 0 Å². The minimum absolute atomic E-state index is 0.000935. The van der Waals surface area contributed by atoms with E-state index in [0.717, 1.165) is 11.3 Å². The third-order valence-corrected chi connectivity index (χ3v) is 3.83. The molecule has 3 N–H and O–H groups in total. The van der Waals surface area contributed by atoms with Gasteiger partial charge in [-0.1, -0.05) is 30.3 Å². The first-order valence-corrected chi connectivity index (χ1v) is 8.60. The lowest BCUT2D eigenvalue weighted by Crippen LogP contribution is -2.26. The normalized spacial score (nSPS) is 11.5. The minimum Gasteiger partial charge on any atom is -0.385 e. The summed E-state index contributed by atoms with van der Waals surface area (Å²) in [7, 11) is 1.62. The first kappa shape index (κ1) is 19.5. The number of ether oxygens (including phenoxy) is 1. The first-order valence-electron chi connectivity index (χ1n) is 8.60. The second kappa shape index (κ2) is 10.2. The Morgan fingerprint density at radius 1 is 0.962 bits per heavy atom. The standard InChI is InChI=1S/C20H25N3O3/c1-15(21-19(24)9-6-14-26-2)16-10-12-18(13-11-16)23-20(25)22-17-7-4-3-5-8-17/h3-5,7-8,10-13,15H,6,9,14H2,1-2H3,(H,21,24)(H2,22,23,25). The molecule has 0 saturated heterocycles. The maximum absolute atomic E-state index is 12.0. The van der Waals surface area contributed by atoms with E-state index in [4.69, 9.17) is 4.74 Å². The van der Waals surface area contributed by atoms with Crippen molar-refractivity contribution in [2.24, 2.45) is 0 Å². The van der Waals surface area contributed by atoms with Crippen molar-refractivity contribution in [2.75, 3.05) is 24.4 Å². The fraction of sp³-hybridized carbons (Fsp3) is 0.300. The number of benzene rings is 2. The number of anilines is 2. The zero-order valence-corrected chi connectivity index (χ0v) is 15.1. The van der Waals surface area contributed by atoms with Crippen molar-refractivity contribution in [2.45, 2.75) is 25.8 Å². The maximum atomic E-state index is 12.0. The molecule has 6 nitrogen and oxygen atoms in total. The van der Waals surface area contributed by atoms with E-state index in [-0.39, 0.29) is 18.0 Å². The Hall–Kier alpha value is -2.86. The Morgan fingerprint density at radius 3 is 2.19 bits per heavy atom. The Labute approximate surface area is 153 Å². The zero-order chi connectivity index (χ0) is 18.8. The van der Waals surface area contributed by atoms with Gasteiger partial charge < -0.3 is 20.7 Å². The molecule has 0 aliphatic carbocycles. The van der Waals surface area contributed by atoms with Gasteiger partial charge in [-0.3, -0.25) is 4.79 Å². The fourth-order valence-corrected chi connectivity index (χ4v) is 2.44. The van der Waals surface area contributed by atoms with Crippen LogP contribution in [-0.4, -0.2) is 25.7 Å². The molecule has 1 atom stereocenters.